The van der Waals surface area contributed by atoms with E-state index in [2.05, 4.69) is 10.6 Å². The Balaban J connectivity index is 0.00000320. The topological polar surface area (TPSA) is 70.7 Å². The predicted molar refractivity (Wildman–Crippen MR) is 122 cm³/mol. The molecule has 6 nitrogen and oxygen atoms in total. The Labute approximate surface area is 184 Å². The van der Waals surface area contributed by atoms with Gasteiger partial charge in [0.1, 0.15) is 5.75 Å². The molecule has 162 valence electrons. The van der Waals surface area contributed by atoms with Gasteiger partial charge in [-0.2, -0.15) is 0 Å². The molecule has 0 bridgehead atoms. The molecule has 1 aliphatic rings. The van der Waals surface area contributed by atoms with Gasteiger partial charge >= 0.3 is 0 Å². The van der Waals surface area contributed by atoms with Crippen LogP contribution in [0.4, 0.5) is 5.69 Å². The standard InChI is InChI=1S/C23H29N3O3.ClH/c1-16(18-14-24-15-18)23(28)26(2)21-7-5-4-6-20(21)22(27)25-13-12-17-8-10-19(29-3)11-9-17;/h4-11,16,18,24H,12-15H2,1-3H3,(H,25,27);1H. The van der Waals surface area contributed by atoms with Crippen LogP contribution in [0.2, 0.25) is 0 Å². The monoisotopic (exact) mass is 431 g/mol. The van der Waals surface area contributed by atoms with Gasteiger partial charge in [0, 0.05) is 19.5 Å². The van der Waals surface area contributed by atoms with Crippen molar-refractivity contribution in [2.45, 2.75) is 13.3 Å². The van der Waals surface area contributed by atoms with Crippen LogP contribution in [0.5, 0.6) is 5.75 Å². The quantitative estimate of drug-likeness (QED) is 0.674. The van der Waals surface area contributed by atoms with E-state index >= 15 is 0 Å². The Morgan fingerprint density at radius 2 is 1.83 bits per heavy atom. The van der Waals surface area contributed by atoms with Gasteiger partial charge in [0.15, 0.2) is 0 Å². The molecule has 2 aromatic rings. The lowest BCUT2D eigenvalue weighted by Gasteiger charge is -2.34. The molecule has 0 radical (unpaired) electrons. The van der Waals surface area contributed by atoms with Gasteiger partial charge in [-0.15, -0.1) is 12.4 Å². The number of anilines is 1. The number of hydrogen-bond acceptors (Lipinski definition) is 4. The summed E-state index contributed by atoms with van der Waals surface area (Å²) in [6.07, 6.45) is 0.721. The van der Waals surface area contributed by atoms with Crippen molar-refractivity contribution in [3.63, 3.8) is 0 Å². The number of hydrogen-bond donors (Lipinski definition) is 2. The van der Waals surface area contributed by atoms with E-state index in [1.165, 1.54) is 0 Å². The minimum Gasteiger partial charge on any atom is -0.497 e. The number of benzene rings is 2. The molecule has 2 amide bonds. The smallest absolute Gasteiger partial charge is 0.253 e. The van der Waals surface area contributed by atoms with Crippen molar-refractivity contribution in [3.05, 3.63) is 59.7 Å². The molecule has 2 N–H and O–H groups in total. The minimum absolute atomic E-state index is 0. The fraction of sp³-hybridized carbons (Fsp3) is 0.391. The van der Waals surface area contributed by atoms with Gasteiger partial charge < -0.3 is 20.3 Å². The second kappa shape index (κ2) is 11.0. The maximum Gasteiger partial charge on any atom is 0.253 e. The van der Waals surface area contributed by atoms with Crippen LogP contribution in [0.15, 0.2) is 48.5 Å². The SMILES string of the molecule is COc1ccc(CCNC(=O)c2ccccc2N(C)C(=O)C(C)C2CNC2)cc1.Cl. The molecule has 1 fully saturated rings. The lowest BCUT2D eigenvalue weighted by Crippen LogP contribution is -2.50. The molecular weight excluding hydrogens is 402 g/mol. The van der Waals surface area contributed by atoms with Crippen molar-refractivity contribution in [2.24, 2.45) is 11.8 Å². The number of nitrogens with one attached hydrogen (secondary N) is 2. The molecule has 1 unspecified atom stereocenters. The fourth-order valence-electron chi connectivity index (χ4n) is 3.46. The molecule has 0 saturated carbocycles. The van der Waals surface area contributed by atoms with E-state index in [0.29, 0.717) is 23.7 Å². The average molecular weight is 432 g/mol. The third-order valence-electron chi connectivity index (χ3n) is 5.61. The van der Waals surface area contributed by atoms with Crippen molar-refractivity contribution in [2.75, 3.05) is 38.7 Å². The molecule has 0 spiro atoms. The van der Waals surface area contributed by atoms with E-state index in [4.69, 9.17) is 4.74 Å². The molecule has 2 aromatic carbocycles. The summed E-state index contributed by atoms with van der Waals surface area (Å²) in [5.41, 5.74) is 2.27. The zero-order valence-corrected chi connectivity index (χ0v) is 18.5. The van der Waals surface area contributed by atoms with Crippen molar-refractivity contribution in [3.8, 4) is 5.75 Å². The average Bonchev–Trinajstić information content (AvgIpc) is 2.71. The van der Waals surface area contributed by atoms with Crippen molar-refractivity contribution < 1.29 is 14.3 Å². The molecule has 1 aliphatic heterocycles. The molecule has 3 rings (SSSR count). The highest BCUT2D eigenvalue weighted by Gasteiger charge is 2.31. The summed E-state index contributed by atoms with van der Waals surface area (Å²) in [6.45, 7) is 4.21. The molecule has 7 heteroatoms. The number of rotatable bonds is 8. The summed E-state index contributed by atoms with van der Waals surface area (Å²) in [7, 11) is 3.38. The number of para-hydroxylation sites is 1. The van der Waals surface area contributed by atoms with Crippen LogP contribution in [0.25, 0.3) is 0 Å². The van der Waals surface area contributed by atoms with Gasteiger partial charge in [-0.05, 0) is 55.3 Å². The Bertz CT molecular complexity index is 853. The number of halogens is 1. The second-order valence-electron chi connectivity index (χ2n) is 7.48. The molecule has 1 saturated heterocycles. The van der Waals surface area contributed by atoms with Gasteiger partial charge in [0.05, 0.1) is 18.4 Å². The van der Waals surface area contributed by atoms with Crippen LogP contribution >= 0.6 is 12.4 Å². The molecule has 0 aromatic heterocycles. The highest BCUT2D eigenvalue weighted by molar-refractivity contribution is 6.05. The Hall–Kier alpha value is -2.57. The van der Waals surface area contributed by atoms with Crippen LogP contribution < -0.4 is 20.3 Å². The van der Waals surface area contributed by atoms with E-state index in [1.807, 2.05) is 49.4 Å². The number of carbonyl (C=O) groups excluding carboxylic acids is 2. The third kappa shape index (κ3) is 5.52. The number of methoxy groups -OCH3 is 1. The van der Waals surface area contributed by atoms with Gasteiger partial charge in [-0.1, -0.05) is 31.2 Å². The zero-order valence-electron chi connectivity index (χ0n) is 17.7. The third-order valence-corrected chi connectivity index (χ3v) is 5.61. The summed E-state index contributed by atoms with van der Waals surface area (Å²) in [5, 5.41) is 6.17. The summed E-state index contributed by atoms with van der Waals surface area (Å²) in [4.78, 5) is 27.2. The highest BCUT2D eigenvalue weighted by atomic mass is 35.5. The van der Waals surface area contributed by atoms with Crippen LogP contribution in [0, 0.1) is 11.8 Å². The van der Waals surface area contributed by atoms with E-state index < -0.39 is 0 Å². The lowest BCUT2D eigenvalue weighted by atomic mass is 9.88. The van der Waals surface area contributed by atoms with Gasteiger partial charge in [-0.3, -0.25) is 9.59 Å². The van der Waals surface area contributed by atoms with Gasteiger partial charge in [0.25, 0.3) is 5.91 Å². The largest absolute Gasteiger partial charge is 0.497 e. The second-order valence-corrected chi connectivity index (χ2v) is 7.48. The van der Waals surface area contributed by atoms with Crippen molar-refractivity contribution in [1.29, 1.82) is 0 Å². The summed E-state index contributed by atoms with van der Waals surface area (Å²) < 4.78 is 5.16. The predicted octanol–water partition coefficient (Wildman–Crippen LogP) is 2.91. The van der Waals surface area contributed by atoms with Crippen LogP contribution in [0.3, 0.4) is 0 Å². The highest BCUT2D eigenvalue weighted by Crippen LogP contribution is 2.24. The first-order valence-electron chi connectivity index (χ1n) is 9.99. The normalized spacial score (nSPS) is 14.1. The lowest BCUT2D eigenvalue weighted by molar-refractivity contribution is -0.123. The first-order chi connectivity index (χ1) is 14.0. The maximum atomic E-state index is 12.9. The number of carbonyl (C=O) groups is 2. The van der Waals surface area contributed by atoms with Crippen LogP contribution in [-0.2, 0) is 11.2 Å². The number of amides is 2. The van der Waals surface area contributed by atoms with Gasteiger partial charge in [-0.25, -0.2) is 0 Å². The molecule has 1 atom stereocenters. The Kier molecular flexibility index (Phi) is 8.69. The van der Waals surface area contributed by atoms with Crippen molar-refractivity contribution >= 4 is 29.9 Å². The minimum atomic E-state index is -0.174. The van der Waals surface area contributed by atoms with E-state index in [-0.39, 0.29) is 30.1 Å². The van der Waals surface area contributed by atoms with Crippen molar-refractivity contribution in [1.82, 2.24) is 10.6 Å². The number of ether oxygens (including phenoxy) is 1. The van der Waals surface area contributed by atoms with Crippen LogP contribution in [0.1, 0.15) is 22.8 Å². The first-order valence-corrected chi connectivity index (χ1v) is 9.99. The molecule has 1 heterocycles. The summed E-state index contributed by atoms with van der Waals surface area (Å²) in [5.74, 6) is 0.955. The van der Waals surface area contributed by atoms with E-state index in [1.54, 1.807) is 25.1 Å². The van der Waals surface area contributed by atoms with E-state index in [9.17, 15) is 9.59 Å². The summed E-state index contributed by atoms with van der Waals surface area (Å²) >= 11 is 0. The van der Waals surface area contributed by atoms with Gasteiger partial charge in [0.2, 0.25) is 5.91 Å². The number of nitrogens with zero attached hydrogens (tertiary/aromatic N) is 1. The maximum absolute atomic E-state index is 12.9. The fourth-order valence-corrected chi connectivity index (χ4v) is 3.46. The molecule has 0 aliphatic carbocycles. The molecule has 30 heavy (non-hydrogen) atoms. The van der Waals surface area contributed by atoms with E-state index in [0.717, 1.165) is 30.8 Å². The first kappa shape index (κ1) is 23.7. The zero-order chi connectivity index (χ0) is 20.8. The summed E-state index contributed by atoms with van der Waals surface area (Å²) in [6, 6.07) is 15.0. The molecular formula is C23H30ClN3O3. The Morgan fingerprint density at radius 3 is 2.43 bits per heavy atom. The Morgan fingerprint density at radius 1 is 1.17 bits per heavy atom. The van der Waals surface area contributed by atoms with Crippen LogP contribution in [-0.4, -0.2) is 45.6 Å².